The van der Waals surface area contributed by atoms with Gasteiger partial charge in [0, 0.05) is 45.0 Å². The number of nitrogens with two attached hydrogens (primary N) is 1. The van der Waals surface area contributed by atoms with Gasteiger partial charge in [0.1, 0.15) is 12.1 Å². The SMILES string of the molecule is COC(c1cccc2cc[nH]c12)C(C(N)=O)N1CCN(C)CC1. The number of piperazine rings is 1. The van der Waals surface area contributed by atoms with Crippen LogP contribution in [-0.4, -0.2) is 67.1 Å². The van der Waals surface area contributed by atoms with E-state index in [1.165, 1.54) is 0 Å². The Morgan fingerprint density at radius 1 is 1.26 bits per heavy atom. The van der Waals surface area contributed by atoms with E-state index in [0.717, 1.165) is 42.6 Å². The molecule has 1 saturated heterocycles. The molecular formula is C17H24N4O2. The number of primary amides is 1. The largest absolute Gasteiger partial charge is 0.374 e. The van der Waals surface area contributed by atoms with Crippen molar-refractivity contribution >= 4 is 16.8 Å². The number of benzene rings is 1. The molecule has 0 bridgehead atoms. The van der Waals surface area contributed by atoms with E-state index in [9.17, 15) is 4.79 Å². The summed E-state index contributed by atoms with van der Waals surface area (Å²) in [6.07, 6.45) is 1.51. The number of rotatable bonds is 5. The molecule has 1 amide bonds. The summed E-state index contributed by atoms with van der Waals surface area (Å²) in [4.78, 5) is 19.8. The lowest BCUT2D eigenvalue weighted by Gasteiger charge is -2.39. The fourth-order valence-electron chi connectivity index (χ4n) is 3.39. The number of likely N-dealkylation sites (N-methyl/N-ethyl adjacent to an activating group) is 1. The first-order valence-corrected chi connectivity index (χ1v) is 7.92. The summed E-state index contributed by atoms with van der Waals surface area (Å²) in [5.74, 6) is -0.343. The van der Waals surface area contributed by atoms with Gasteiger partial charge in [-0.15, -0.1) is 0 Å². The van der Waals surface area contributed by atoms with Crippen LogP contribution < -0.4 is 5.73 Å². The predicted molar refractivity (Wildman–Crippen MR) is 90.1 cm³/mol. The molecular weight excluding hydrogens is 292 g/mol. The molecule has 2 aromatic rings. The fraction of sp³-hybridized carbons (Fsp3) is 0.471. The van der Waals surface area contributed by atoms with Gasteiger partial charge >= 0.3 is 0 Å². The maximum atomic E-state index is 12.2. The second kappa shape index (κ2) is 6.70. The lowest BCUT2D eigenvalue weighted by molar-refractivity contribution is -0.130. The monoisotopic (exact) mass is 316 g/mol. The van der Waals surface area contributed by atoms with Crippen molar-refractivity contribution in [3.05, 3.63) is 36.0 Å². The van der Waals surface area contributed by atoms with E-state index < -0.39 is 12.1 Å². The second-order valence-corrected chi connectivity index (χ2v) is 6.13. The Bertz CT molecular complexity index is 676. The third-order valence-electron chi connectivity index (χ3n) is 4.69. The molecule has 1 fully saturated rings. The van der Waals surface area contributed by atoms with Gasteiger partial charge < -0.3 is 20.4 Å². The smallest absolute Gasteiger partial charge is 0.237 e. The standard InChI is InChI=1S/C17H24N4O2/c1-20-8-10-21(11-9-20)15(17(18)22)16(23-2)13-5-3-4-12-6-7-19-14(12)13/h3-7,15-16,19H,8-11H2,1-2H3,(H2,18,22). The normalized spacial score (nSPS) is 19.7. The number of amides is 1. The number of nitrogens with one attached hydrogen (secondary N) is 1. The number of hydrogen-bond donors (Lipinski definition) is 2. The van der Waals surface area contributed by atoms with Crippen molar-refractivity contribution in [2.45, 2.75) is 12.1 Å². The maximum absolute atomic E-state index is 12.2. The highest BCUT2D eigenvalue weighted by Gasteiger charge is 2.35. The molecule has 0 spiro atoms. The van der Waals surface area contributed by atoms with Gasteiger partial charge in [-0.3, -0.25) is 9.69 Å². The van der Waals surface area contributed by atoms with Crippen LogP contribution in [0.5, 0.6) is 0 Å². The summed E-state index contributed by atoms with van der Waals surface area (Å²) in [6.45, 7) is 3.47. The summed E-state index contributed by atoms with van der Waals surface area (Å²) in [7, 11) is 3.72. The molecule has 3 N–H and O–H groups in total. The predicted octanol–water partition coefficient (Wildman–Crippen LogP) is 0.957. The molecule has 23 heavy (non-hydrogen) atoms. The van der Waals surface area contributed by atoms with E-state index in [1.807, 2.05) is 30.5 Å². The minimum absolute atomic E-state index is 0.343. The number of carbonyl (C=O) groups is 1. The van der Waals surface area contributed by atoms with Crippen LogP contribution in [0.15, 0.2) is 30.5 Å². The minimum Gasteiger partial charge on any atom is -0.374 e. The Labute approximate surface area is 136 Å². The molecule has 1 aliphatic heterocycles. The summed E-state index contributed by atoms with van der Waals surface area (Å²) >= 11 is 0. The average molecular weight is 316 g/mol. The van der Waals surface area contributed by atoms with Gasteiger partial charge in [0.2, 0.25) is 5.91 Å². The molecule has 6 heteroatoms. The van der Waals surface area contributed by atoms with Crippen molar-refractivity contribution in [2.75, 3.05) is 40.3 Å². The molecule has 1 aliphatic rings. The van der Waals surface area contributed by atoms with Crippen molar-refractivity contribution < 1.29 is 9.53 Å². The number of fused-ring (bicyclic) bond motifs is 1. The van der Waals surface area contributed by atoms with Crippen LogP contribution in [0.4, 0.5) is 0 Å². The van der Waals surface area contributed by atoms with Gasteiger partial charge in [-0.2, -0.15) is 0 Å². The minimum atomic E-state index is -0.470. The number of aromatic amines is 1. The van der Waals surface area contributed by atoms with E-state index in [0.29, 0.717) is 0 Å². The maximum Gasteiger partial charge on any atom is 0.237 e. The molecule has 124 valence electrons. The highest BCUT2D eigenvalue weighted by atomic mass is 16.5. The number of nitrogens with zero attached hydrogens (tertiary/aromatic N) is 2. The van der Waals surface area contributed by atoms with Crippen LogP contribution in [0.3, 0.4) is 0 Å². The number of H-pyrrole nitrogens is 1. The zero-order chi connectivity index (χ0) is 16.4. The first kappa shape index (κ1) is 16.0. The number of hydrogen-bond acceptors (Lipinski definition) is 4. The van der Waals surface area contributed by atoms with Crippen LogP contribution in [0.2, 0.25) is 0 Å². The molecule has 2 unspecified atom stereocenters. The zero-order valence-electron chi connectivity index (χ0n) is 13.7. The summed E-state index contributed by atoms with van der Waals surface area (Å²) < 4.78 is 5.74. The van der Waals surface area contributed by atoms with Crippen molar-refractivity contribution in [1.82, 2.24) is 14.8 Å². The zero-order valence-corrected chi connectivity index (χ0v) is 13.7. The fourth-order valence-corrected chi connectivity index (χ4v) is 3.39. The van der Waals surface area contributed by atoms with Gasteiger partial charge in [-0.1, -0.05) is 18.2 Å². The van der Waals surface area contributed by atoms with Gasteiger partial charge in [-0.05, 0) is 18.5 Å². The van der Waals surface area contributed by atoms with Crippen molar-refractivity contribution in [3.8, 4) is 0 Å². The summed E-state index contributed by atoms with van der Waals surface area (Å²) in [5, 5.41) is 1.10. The molecule has 6 nitrogen and oxygen atoms in total. The molecule has 2 atom stereocenters. The van der Waals surface area contributed by atoms with Crippen LogP contribution >= 0.6 is 0 Å². The Hall–Kier alpha value is -1.89. The van der Waals surface area contributed by atoms with Crippen molar-refractivity contribution in [3.63, 3.8) is 0 Å². The first-order chi connectivity index (χ1) is 11.1. The number of methoxy groups -OCH3 is 1. The van der Waals surface area contributed by atoms with Gasteiger partial charge in [0.15, 0.2) is 0 Å². The van der Waals surface area contributed by atoms with Crippen LogP contribution in [-0.2, 0) is 9.53 Å². The topological polar surface area (TPSA) is 74.6 Å². The Morgan fingerprint density at radius 3 is 2.65 bits per heavy atom. The molecule has 0 saturated carbocycles. The van der Waals surface area contributed by atoms with E-state index in [-0.39, 0.29) is 5.91 Å². The molecule has 3 rings (SSSR count). The number of carbonyl (C=O) groups excluding carboxylic acids is 1. The Kier molecular flexibility index (Phi) is 4.66. The Morgan fingerprint density at radius 2 is 2.00 bits per heavy atom. The molecule has 0 aliphatic carbocycles. The molecule has 1 aromatic carbocycles. The summed E-state index contributed by atoms with van der Waals surface area (Å²) in [5.41, 5.74) is 7.72. The highest BCUT2D eigenvalue weighted by molar-refractivity contribution is 5.85. The van der Waals surface area contributed by atoms with Gasteiger partial charge in [0.25, 0.3) is 0 Å². The first-order valence-electron chi connectivity index (χ1n) is 7.92. The van der Waals surface area contributed by atoms with Crippen LogP contribution in [0.25, 0.3) is 10.9 Å². The highest BCUT2D eigenvalue weighted by Crippen LogP contribution is 2.30. The summed E-state index contributed by atoms with van der Waals surface area (Å²) in [6, 6.07) is 7.57. The van der Waals surface area contributed by atoms with Crippen molar-refractivity contribution in [1.29, 1.82) is 0 Å². The van der Waals surface area contributed by atoms with Crippen LogP contribution in [0.1, 0.15) is 11.7 Å². The third kappa shape index (κ3) is 3.10. The molecule has 0 radical (unpaired) electrons. The number of para-hydroxylation sites is 1. The second-order valence-electron chi connectivity index (χ2n) is 6.13. The van der Waals surface area contributed by atoms with Gasteiger partial charge in [0.05, 0.1) is 5.52 Å². The van der Waals surface area contributed by atoms with E-state index in [4.69, 9.17) is 10.5 Å². The van der Waals surface area contributed by atoms with Gasteiger partial charge in [-0.25, -0.2) is 0 Å². The van der Waals surface area contributed by atoms with Crippen LogP contribution in [0, 0.1) is 0 Å². The third-order valence-corrected chi connectivity index (χ3v) is 4.69. The van der Waals surface area contributed by atoms with E-state index in [1.54, 1.807) is 7.11 Å². The lowest BCUT2D eigenvalue weighted by atomic mass is 9.97. The number of aromatic nitrogens is 1. The van der Waals surface area contributed by atoms with Crippen molar-refractivity contribution in [2.24, 2.45) is 5.73 Å². The lowest BCUT2D eigenvalue weighted by Crippen LogP contribution is -2.55. The van der Waals surface area contributed by atoms with E-state index >= 15 is 0 Å². The quantitative estimate of drug-likeness (QED) is 0.861. The molecule has 1 aromatic heterocycles. The number of ether oxygens (including phenoxy) is 1. The molecule has 2 heterocycles. The Balaban J connectivity index is 1.96. The van der Waals surface area contributed by atoms with E-state index in [2.05, 4.69) is 21.8 Å². The average Bonchev–Trinajstić information content (AvgIpc) is 3.02.